The van der Waals surface area contributed by atoms with Crippen molar-refractivity contribution in [2.75, 3.05) is 5.75 Å². The Morgan fingerprint density at radius 2 is 1.69 bits per heavy atom. The molecule has 0 bridgehead atoms. The lowest BCUT2D eigenvalue weighted by atomic mass is 10.8. The summed E-state index contributed by atoms with van der Waals surface area (Å²) in [6.07, 6.45) is 3.74. The average Bonchev–Trinajstić information content (AvgIpc) is 2.07. The standard InChI is InChI=1S/C4H6O.C3H6O4S/c1-3-5-4-2;1-2-3-8(5,6)7-4/h3-4H,1-2H2;2,4H,1,3H2. The maximum atomic E-state index is 10.1. The number of hydrogen-bond acceptors (Lipinski definition) is 5. The van der Waals surface area contributed by atoms with E-state index >= 15 is 0 Å². The lowest BCUT2D eigenvalue weighted by Gasteiger charge is -1.89. The van der Waals surface area contributed by atoms with E-state index in [-0.39, 0.29) is 5.75 Å². The van der Waals surface area contributed by atoms with Crippen LogP contribution in [0.5, 0.6) is 0 Å². The molecule has 0 aliphatic heterocycles. The molecule has 0 heterocycles. The molecule has 0 atom stereocenters. The van der Waals surface area contributed by atoms with Crippen molar-refractivity contribution in [1.29, 1.82) is 0 Å². The van der Waals surface area contributed by atoms with Crippen LogP contribution >= 0.6 is 0 Å². The Morgan fingerprint density at radius 1 is 1.23 bits per heavy atom. The van der Waals surface area contributed by atoms with Gasteiger partial charge < -0.3 is 4.74 Å². The molecule has 13 heavy (non-hydrogen) atoms. The van der Waals surface area contributed by atoms with Crippen LogP contribution in [-0.4, -0.2) is 19.4 Å². The second kappa shape index (κ2) is 8.98. The lowest BCUT2D eigenvalue weighted by Crippen LogP contribution is -2.04. The monoisotopic (exact) mass is 208 g/mol. The fourth-order valence-corrected chi connectivity index (χ4v) is 0.592. The maximum absolute atomic E-state index is 10.1. The first-order valence-electron chi connectivity index (χ1n) is 3.08. The van der Waals surface area contributed by atoms with Crippen LogP contribution in [0.3, 0.4) is 0 Å². The van der Waals surface area contributed by atoms with E-state index in [1.54, 1.807) is 0 Å². The van der Waals surface area contributed by atoms with Gasteiger partial charge in [0.1, 0.15) is 0 Å². The third-order valence-corrected chi connectivity index (χ3v) is 1.50. The summed E-state index contributed by atoms with van der Waals surface area (Å²) < 4.78 is 27.6. The fourth-order valence-electron chi connectivity index (χ4n) is 0.243. The molecule has 0 saturated heterocycles. The largest absolute Gasteiger partial charge is 0.474 e. The molecular formula is C7H12O5S. The summed E-state index contributed by atoms with van der Waals surface area (Å²) in [5.41, 5.74) is 0. The maximum Gasteiger partial charge on any atom is 0.296 e. The van der Waals surface area contributed by atoms with Gasteiger partial charge in [-0.05, 0) is 0 Å². The van der Waals surface area contributed by atoms with Crippen LogP contribution in [0, 0.1) is 0 Å². The number of ether oxygens (including phenoxy) is 1. The second-order valence-corrected chi connectivity index (χ2v) is 3.15. The SMILES string of the molecule is C=CCS(=O)(=O)OO.C=COC=C. The van der Waals surface area contributed by atoms with Crippen LogP contribution in [0.4, 0.5) is 0 Å². The van der Waals surface area contributed by atoms with Gasteiger partial charge in [0.25, 0.3) is 10.1 Å². The molecular weight excluding hydrogens is 196 g/mol. The minimum Gasteiger partial charge on any atom is -0.474 e. The molecule has 0 aliphatic carbocycles. The van der Waals surface area contributed by atoms with Crippen molar-refractivity contribution in [2.24, 2.45) is 0 Å². The van der Waals surface area contributed by atoms with E-state index < -0.39 is 10.1 Å². The highest BCUT2D eigenvalue weighted by molar-refractivity contribution is 7.86. The highest BCUT2D eigenvalue weighted by atomic mass is 32.2. The van der Waals surface area contributed by atoms with Crippen molar-refractivity contribution in [1.82, 2.24) is 0 Å². The molecule has 0 unspecified atom stereocenters. The van der Waals surface area contributed by atoms with Crippen LogP contribution in [0.25, 0.3) is 0 Å². The smallest absolute Gasteiger partial charge is 0.296 e. The van der Waals surface area contributed by atoms with Gasteiger partial charge in [-0.2, -0.15) is 8.42 Å². The Bertz CT molecular complexity index is 236. The van der Waals surface area contributed by atoms with Crippen molar-refractivity contribution < 1.29 is 22.7 Å². The summed E-state index contributed by atoms with van der Waals surface area (Å²) in [6, 6.07) is 0. The molecule has 0 aliphatic rings. The Labute approximate surface area is 77.7 Å². The molecule has 0 amide bonds. The van der Waals surface area contributed by atoms with Crippen LogP contribution < -0.4 is 0 Å². The second-order valence-electron chi connectivity index (χ2n) is 1.56. The average molecular weight is 208 g/mol. The Balaban J connectivity index is 0. The Morgan fingerprint density at radius 3 is 1.77 bits per heavy atom. The summed E-state index contributed by atoms with van der Waals surface area (Å²) in [7, 11) is -3.73. The van der Waals surface area contributed by atoms with Gasteiger partial charge in [0, 0.05) is 0 Å². The molecule has 0 radical (unpaired) electrons. The van der Waals surface area contributed by atoms with E-state index in [2.05, 4.69) is 28.8 Å². The highest BCUT2D eigenvalue weighted by Crippen LogP contribution is 1.87. The van der Waals surface area contributed by atoms with Crippen LogP contribution in [0.2, 0.25) is 0 Å². The molecule has 0 saturated carbocycles. The molecule has 1 N–H and O–H groups in total. The fraction of sp³-hybridized carbons (Fsp3) is 0.143. The van der Waals surface area contributed by atoms with Crippen LogP contribution in [0.15, 0.2) is 38.3 Å². The van der Waals surface area contributed by atoms with Crippen molar-refractivity contribution in [3.05, 3.63) is 38.3 Å². The molecule has 76 valence electrons. The van der Waals surface area contributed by atoms with Gasteiger partial charge >= 0.3 is 0 Å². The lowest BCUT2D eigenvalue weighted by molar-refractivity contribution is -0.130. The van der Waals surface area contributed by atoms with Gasteiger partial charge in [0.15, 0.2) is 0 Å². The minimum absolute atomic E-state index is 0.372. The molecule has 0 rings (SSSR count). The van der Waals surface area contributed by atoms with Gasteiger partial charge in [0.05, 0.1) is 18.3 Å². The van der Waals surface area contributed by atoms with Gasteiger partial charge in [-0.15, -0.1) is 10.9 Å². The van der Waals surface area contributed by atoms with Gasteiger partial charge in [-0.25, -0.2) is 5.26 Å². The predicted octanol–water partition coefficient (Wildman–Crippen LogP) is 1.28. The van der Waals surface area contributed by atoms with E-state index in [0.717, 1.165) is 6.08 Å². The van der Waals surface area contributed by atoms with Crippen molar-refractivity contribution in [3.63, 3.8) is 0 Å². The summed E-state index contributed by atoms with van der Waals surface area (Å²) in [5, 5.41) is 7.59. The zero-order chi connectivity index (χ0) is 10.7. The molecule has 0 spiro atoms. The first-order chi connectivity index (χ1) is 6.04. The predicted molar refractivity (Wildman–Crippen MR) is 49.2 cm³/mol. The van der Waals surface area contributed by atoms with Crippen molar-refractivity contribution in [2.45, 2.75) is 0 Å². The number of rotatable bonds is 5. The zero-order valence-corrected chi connectivity index (χ0v) is 7.87. The van der Waals surface area contributed by atoms with Crippen LogP contribution in [0.1, 0.15) is 0 Å². The van der Waals surface area contributed by atoms with E-state index in [0.29, 0.717) is 0 Å². The molecule has 5 nitrogen and oxygen atoms in total. The summed E-state index contributed by atoms with van der Waals surface area (Å²) in [4.78, 5) is 0. The van der Waals surface area contributed by atoms with Crippen molar-refractivity contribution >= 4 is 10.1 Å². The third-order valence-electron chi connectivity index (χ3n) is 0.628. The van der Waals surface area contributed by atoms with Crippen LogP contribution in [-0.2, 0) is 19.2 Å². The van der Waals surface area contributed by atoms with E-state index in [9.17, 15) is 8.42 Å². The Hall–Kier alpha value is -1.11. The summed E-state index contributed by atoms with van der Waals surface area (Å²) >= 11 is 0. The number of hydrogen-bond donors (Lipinski definition) is 1. The Kier molecular flexibility index (Phi) is 9.96. The zero-order valence-electron chi connectivity index (χ0n) is 7.05. The highest BCUT2D eigenvalue weighted by Gasteiger charge is 2.04. The quantitative estimate of drug-likeness (QED) is 0.319. The summed E-state index contributed by atoms with van der Waals surface area (Å²) in [5.74, 6) is -0.372. The first-order valence-corrected chi connectivity index (χ1v) is 4.65. The molecule has 0 aromatic carbocycles. The van der Waals surface area contributed by atoms with Gasteiger partial charge in [-0.3, -0.25) is 0 Å². The van der Waals surface area contributed by atoms with Crippen molar-refractivity contribution in [3.8, 4) is 0 Å². The molecule has 0 fully saturated rings. The van der Waals surface area contributed by atoms with E-state index in [4.69, 9.17) is 5.26 Å². The third kappa shape index (κ3) is 13.8. The van der Waals surface area contributed by atoms with E-state index in [1.165, 1.54) is 12.5 Å². The summed E-state index contributed by atoms with van der Waals surface area (Å²) in [6.45, 7) is 9.64. The van der Waals surface area contributed by atoms with Gasteiger partial charge in [0.2, 0.25) is 0 Å². The molecule has 0 aromatic heterocycles. The molecule has 6 heteroatoms. The minimum atomic E-state index is -3.73. The first kappa shape index (κ1) is 14.4. The molecule has 0 aromatic rings. The topological polar surface area (TPSA) is 72.8 Å². The van der Waals surface area contributed by atoms with E-state index in [1.807, 2.05) is 0 Å². The normalized spacial score (nSPS) is 9.00. The van der Waals surface area contributed by atoms with Gasteiger partial charge in [-0.1, -0.05) is 19.2 Å².